The Hall–Kier alpha value is -4.46. The van der Waals surface area contributed by atoms with Crippen molar-refractivity contribution >= 4 is 28.4 Å². The van der Waals surface area contributed by atoms with E-state index >= 15 is 0 Å². The van der Waals surface area contributed by atoms with Crippen LogP contribution in [0.5, 0.6) is 11.5 Å². The third-order valence-corrected chi connectivity index (χ3v) is 7.28. The second-order valence-corrected chi connectivity index (χ2v) is 12.3. The number of pyridine rings is 1. The molecule has 0 bridgehead atoms. The molecule has 0 fully saturated rings. The lowest BCUT2D eigenvalue weighted by molar-refractivity contribution is 0.0735. The molecule has 0 saturated carbocycles. The van der Waals surface area contributed by atoms with Crippen LogP contribution in [0.25, 0.3) is 10.9 Å². The highest BCUT2D eigenvalue weighted by atomic mass is 19.2. The molecule has 210 valence electrons. The lowest BCUT2D eigenvalue weighted by atomic mass is 9.78. The largest absolute Gasteiger partial charge is 0.507 e. The van der Waals surface area contributed by atoms with Crippen molar-refractivity contribution in [3.8, 4) is 11.5 Å². The summed E-state index contributed by atoms with van der Waals surface area (Å²) in [6.45, 7) is 11.6. The molecule has 6 nitrogen and oxygen atoms in total. The van der Waals surface area contributed by atoms with Crippen LogP contribution in [0.2, 0.25) is 0 Å². The molecule has 1 heterocycles. The standard InChI is InChI=1S/C33H29F2NO5/c1-32(2,3)20-12-17(13-21(30(20)39)33(4,5)6)31(40)41-25-9-7-8-16-10-11-24(36-27(16)25)26-28(37)18-14-22(34)23(35)15-19(18)29(26)38/h7-15,26,39H,1-6H3. The molecule has 4 aromatic rings. The number of ketones is 2. The number of aromatic hydroxyl groups is 1. The highest BCUT2D eigenvalue weighted by Gasteiger charge is 2.41. The van der Waals surface area contributed by atoms with Crippen molar-refractivity contribution in [2.24, 2.45) is 0 Å². The van der Waals surface area contributed by atoms with E-state index in [1.807, 2.05) is 41.5 Å². The van der Waals surface area contributed by atoms with Crippen LogP contribution in [-0.4, -0.2) is 27.6 Å². The first-order valence-corrected chi connectivity index (χ1v) is 13.1. The number of carbonyl (C=O) groups excluding carboxylic acids is 3. The number of nitrogens with zero attached hydrogens (tertiary/aromatic N) is 1. The van der Waals surface area contributed by atoms with E-state index in [2.05, 4.69) is 4.98 Å². The van der Waals surface area contributed by atoms with Gasteiger partial charge in [-0.1, -0.05) is 59.7 Å². The van der Waals surface area contributed by atoms with Crippen molar-refractivity contribution in [2.75, 3.05) is 0 Å². The normalized spacial score (nSPS) is 14.0. The lowest BCUT2D eigenvalue weighted by Gasteiger charge is -2.28. The Bertz CT molecular complexity index is 1700. The molecular formula is C33H29F2NO5. The second-order valence-electron chi connectivity index (χ2n) is 12.3. The summed E-state index contributed by atoms with van der Waals surface area (Å²) in [5.74, 6) is -5.62. The molecule has 0 aliphatic heterocycles. The molecule has 1 aliphatic rings. The van der Waals surface area contributed by atoms with E-state index in [0.29, 0.717) is 16.5 Å². The average molecular weight is 558 g/mol. The minimum atomic E-state index is -1.37. The van der Waals surface area contributed by atoms with Crippen LogP contribution in [0, 0.1) is 11.6 Å². The first-order chi connectivity index (χ1) is 19.1. The van der Waals surface area contributed by atoms with E-state index in [4.69, 9.17) is 4.74 Å². The Balaban J connectivity index is 1.55. The van der Waals surface area contributed by atoms with Crippen LogP contribution < -0.4 is 4.74 Å². The molecule has 41 heavy (non-hydrogen) atoms. The minimum Gasteiger partial charge on any atom is -0.507 e. The van der Waals surface area contributed by atoms with E-state index in [0.717, 1.165) is 12.1 Å². The van der Waals surface area contributed by atoms with Crippen LogP contribution in [0.4, 0.5) is 8.78 Å². The number of Topliss-reactive ketones (excluding diaryl/α,β-unsaturated/α-hetero) is 2. The number of phenolic OH excluding ortho intramolecular Hbond substituents is 1. The highest BCUT2D eigenvalue weighted by molar-refractivity contribution is 6.29. The van der Waals surface area contributed by atoms with Gasteiger partial charge >= 0.3 is 5.97 Å². The Morgan fingerprint density at radius 3 is 1.88 bits per heavy atom. The molecule has 8 heteroatoms. The SMILES string of the molecule is CC(C)(C)c1cc(C(=O)Oc2cccc3ccc(C4C(=O)c5cc(F)c(F)cc5C4=O)nc23)cc(C(C)(C)C)c1O. The number of hydrogen-bond donors (Lipinski definition) is 1. The fourth-order valence-corrected chi connectivity index (χ4v) is 5.09. The number of hydrogen-bond acceptors (Lipinski definition) is 6. The second kappa shape index (κ2) is 9.58. The molecule has 0 saturated heterocycles. The topological polar surface area (TPSA) is 93.6 Å². The molecule has 1 aliphatic carbocycles. The zero-order valence-electron chi connectivity index (χ0n) is 23.6. The molecule has 0 radical (unpaired) electrons. The number of esters is 1. The Morgan fingerprint density at radius 1 is 0.829 bits per heavy atom. The van der Waals surface area contributed by atoms with E-state index in [1.165, 1.54) is 6.07 Å². The van der Waals surface area contributed by atoms with Gasteiger partial charge in [0, 0.05) is 27.6 Å². The van der Waals surface area contributed by atoms with Gasteiger partial charge in [-0.3, -0.25) is 9.59 Å². The van der Waals surface area contributed by atoms with Crippen LogP contribution in [0.15, 0.2) is 54.6 Å². The van der Waals surface area contributed by atoms with Gasteiger partial charge < -0.3 is 9.84 Å². The maximum Gasteiger partial charge on any atom is 0.343 e. The smallest absolute Gasteiger partial charge is 0.343 e. The number of fused-ring (bicyclic) bond motifs is 2. The number of ether oxygens (including phenoxy) is 1. The van der Waals surface area contributed by atoms with Crippen LogP contribution in [0.1, 0.15) is 95.4 Å². The predicted molar refractivity (Wildman–Crippen MR) is 150 cm³/mol. The maximum absolute atomic E-state index is 13.8. The van der Waals surface area contributed by atoms with Gasteiger partial charge in [0.1, 0.15) is 17.2 Å². The predicted octanol–water partition coefficient (Wildman–Crippen LogP) is 7.20. The number of aromatic nitrogens is 1. The van der Waals surface area contributed by atoms with Gasteiger partial charge in [0.2, 0.25) is 0 Å². The van der Waals surface area contributed by atoms with Crippen molar-refractivity contribution < 1.29 is 33.0 Å². The first-order valence-electron chi connectivity index (χ1n) is 13.1. The van der Waals surface area contributed by atoms with Crippen LogP contribution in [0.3, 0.4) is 0 Å². The van der Waals surface area contributed by atoms with Gasteiger partial charge in [0.15, 0.2) is 29.0 Å². The molecule has 0 unspecified atom stereocenters. The van der Waals surface area contributed by atoms with E-state index in [-0.39, 0.29) is 39.4 Å². The van der Waals surface area contributed by atoms with Crippen molar-refractivity contribution in [2.45, 2.75) is 58.3 Å². The molecule has 1 aromatic heterocycles. The maximum atomic E-state index is 13.8. The summed E-state index contributed by atoms with van der Waals surface area (Å²) >= 11 is 0. The van der Waals surface area contributed by atoms with E-state index < -0.39 is 45.9 Å². The number of phenols is 1. The van der Waals surface area contributed by atoms with Crippen molar-refractivity contribution in [1.82, 2.24) is 4.98 Å². The molecule has 5 rings (SSSR count). The summed E-state index contributed by atoms with van der Waals surface area (Å²) in [4.78, 5) is 44.1. The average Bonchev–Trinajstić information content (AvgIpc) is 3.11. The molecule has 0 atom stereocenters. The third-order valence-electron chi connectivity index (χ3n) is 7.28. The van der Waals surface area contributed by atoms with Crippen molar-refractivity contribution in [3.05, 3.63) is 99.7 Å². The van der Waals surface area contributed by atoms with Gasteiger partial charge in [-0.15, -0.1) is 0 Å². The lowest BCUT2D eigenvalue weighted by Crippen LogP contribution is -2.20. The van der Waals surface area contributed by atoms with Crippen molar-refractivity contribution in [1.29, 1.82) is 0 Å². The summed E-state index contributed by atoms with van der Waals surface area (Å²) in [6.07, 6.45) is 0. The fourth-order valence-electron chi connectivity index (χ4n) is 5.09. The number of benzene rings is 3. The molecule has 0 amide bonds. The first kappa shape index (κ1) is 28.1. The highest BCUT2D eigenvalue weighted by Crippen LogP contribution is 2.40. The summed E-state index contributed by atoms with van der Waals surface area (Å²) in [7, 11) is 0. The number of para-hydroxylation sites is 1. The van der Waals surface area contributed by atoms with Gasteiger partial charge in [-0.2, -0.15) is 0 Å². The monoisotopic (exact) mass is 557 g/mol. The molecule has 3 aromatic carbocycles. The van der Waals surface area contributed by atoms with E-state index in [9.17, 15) is 28.3 Å². The fraction of sp³-hybridized carbons (Fsp3) is 0.273. The quantitative estimate of drug-likeness (QED) is 0.163. The Kier molecular flexibility index (Phi) is 6.56. The zero-order chi connectivity index (χ0) is 30.0. The van der Waals surface area contributed by atoms with E-state index in [1.54, 1.807) is 36.4 Å². The number of carbonyl (C=O) groups is 3. The zero-order valence-corrected chi connectivity index (χ0v) is 23.6. The molecule has 1 N–H and O–H groups in total. The van der Waals surface area contributed by atoms with Gasteiger partial charge in [-0.05, 0) is 47.2 Å². The third kappa shape index (κ3) is 4.88. The molecular weight excluding hydrogens is 528 g/mol. The summed E-state index contributed by atoms with van der Waals surface area (Å²) < 4.78 is 33.4. The minimum absolute atomic E-state index is 0.0719. The summed E-state index contributed by atoms with van der Waals surface area (Å²) in [5, 5.41) is 11.6. The Morgan fingerprint density at radius 2 is 1.37 bits per heavy atom. The number of rotatable bonds is 3. The molecule has 0 spiro atoms. The number of halogens is 2. The van der Waals surface area contributed by atoms with Crippen molar-refractivity contribution in [3.63, 3.8) is 0 Å². The van der Waals surface area contributed by atoms with Crippen LogP contribution in [-0.2, 0) is 10.8 Å². The van der Waals surface area contributed by atoms with Gasteiger partial charge in [0.25, 0.3) is 0 Å². The van der Waals surface area contributed by atoms with Crippen LogP contribution >= 0.6 is 0 Å². The van der Waals surface area contributed by atoms with Gasteiger partial charge in [0.05, 0.1) is 11.3 Å². The summed E-state index contributed by atoms with van der Waals surface area (Å²) in [6, 6.07) is 12.8. The summed E-state index contributed by atoms with van der Waals surface area (Å²) in [5.41, 5.74) is 0.434. The Labute approximate surface area is 236 Å². The van der Waals surface area contributed by atoms with Gasteiger partial charge in [-0.25, -0.2) is 18.6 Å².